The predicted molar refractivity (Wildman–Crippen MR) is 127 cm³/mol. The second-order valence-electron chi connectivity index (χ2n) is 6.36. The fourth-order valence-corrected chi connectivity index (χ4v) is 3.86. The molecule has 1 aromatic heterocycles. The van der Waals surface area contributed by atoms with Crippen LogP contribution in [0.1, 0.15) is 36.5 Å². The van der Waals surface area contributed by atoms with E-state index in [9.17, 15) is 4.79 Å². The van der Waals surface area contributed by atoms with Gasteiger partial charge >= 0.3 is 0 Å². The number of carbonyl (C=O) groups is 1. The number of nitrogens with zero attached hydrogens (tertiary/aromatic N) is 1. The van der Waals surface area contributed by atoms with E-state index in [4.69, 9.17) is 26.4 Å². The molecule has 0 radical (unpaired) electrons. The Morgan fingerprint density at radius 2 is 1.81 bits per heavy atom. The van der Waals surface area contributed by atoms with Crippen LogP contribution in [0.4, 0.5) is 5.69 Å². The highest BCUT2D eigenvalue weighted by Gasteiger charge is 2.15. The summed E-state index contributed by atoms with van der Waals surface area (Å²) in [6.45, 7) is 2.16. The minimum Gasteiger partial charge on any atom is -0.493 e. The monoisotopic (exact) mass is 464 g/mol. The van der Waals surface area contributed by atoms with Gasteiger partial charge in [-0.25, -0.2) is 4.98 Å². The standard InChI is InChI=1S/C21H28N4O4S2/c1-5-6-7-11-31-20-15(9-8-10-22-20)19(26)24-25-21(30)23-14-12-16(27-2)18(29-4)17(13-14)28-3/h8-10,12-13H,5-7,11H2,1-4H3,(H,24,26)(H2,23,25,30). The van der Waals surface area contributed by atoms with E-state index in [2.05, 4.69) is 28.1 Å². The number of unbranched alkanes of at least 4 members (excludes halogenated alkanes) is 2. The van der Waals surface area contributed by atoms with Crippen LogP contribution in [0.3, 0.4) is 0 Å². The van der Waals surface area contributed by atoms with Gasteiger partial charge in [-0.05, 0) is 36.5 Å². The molecule has 0 unspecified atom stereocenters. The molecule has 8 nitrogen and oxygen atoms in total. The number of aromatic nitrogens is 1. The van der Waals surface area contributed by atoms with Crippen LogP contribution in [0.5, 0.6) is 17.2 Å². The van der Waals surface area contributed by atoms with Gasteiger partial charge in [0.05, 0.1) is 26.9 Å². The molecule has 0 aliphatic rings. The molecule has 0 fully saturated rings. The number of carbonyl (C=O) groups excluding carboxylic acids is 1. The summed E-state index contributed by atoms with van der Waals surface area (Å²) in [5, 5.41) is 3.88. The van der Waals surface area contributed by atoms with Gasteiger partial charge in [0.25, 0.3) is 5.91 Å². The van der Waals surface area contributed by atoms with Crippen LogP contribution in [0.25, 0.3) is 0 Å². The van der Waals surface area contributed by atoms with Crippen molar-refractivity contribution in [3.8, 4) is 17.2 Å². The first-order valence-electron chi connectivity index (χ1n) is 9.79. The zero-order valence-corrected chi connectivity index (χ0v) is 19.7. The molecule has 0 atom stereocenters. The molecule has 0 aliphatic carbocycles. The van der Waals surface area contributed by atoms with Crippen molar-refractivity contribution < 1.29 is 19.0 Å². The molecule has 31 heavy (non-hydrogen) atoms. The maximum Gasteiger partial charge on any atom is 0.272 e. The van der Waals surface area contributed by atoms with Crippen molar-refractivity contribution in [2.45, 2.75) is 31.2 Å². The highest BCUT2D eigenvalue weighted by molar-refractivity contribution is 7.99. The van der Waals surface area contributed by atoms with Gasteiger partial charge in [0, 0.05) is 24.0 Å². The number of pyridine rings is 1. The molecule has 0 bridgehead atoms. The minimum absolute atomic E-state index is 0.198. The summed E-state index contributed by atoms with van der Waals surface area (Å²) in [5.74, 6) is 2.04. The van der Waals surface area contributed by atoms with Crippen LogP contribution in [0.2, 0.25) is 0 Å². The summed E-state index contributed by atoms with van der Waals surface area (Å²) in [7, 11) is 4.59. The van der Waals surface area contributed by atoms with Gasteiger partial charge in [-0.15, -0.1) is 11.8 Å². The molecule has 2 aromatic rings. The second-order valence-corrected chi connectivity index (χ2v) is 7.85. The summed E-state index contributed by atoms with van der Waals surface area (Å²) in [5.41, 5.74) is 6.41. The van der Waals surface area contributed by atoms with E-state index in [-0.39, 0.29) is 11.0 Å². The van der Waals surface area contributed by atoms with Gasteiger partial charge < -0.3 is 19.5 Å². The minimum atomic E-state index is -0.319. The van der Waals surface area contributed by atoms with Gasteiger partial charge in [0.1, 0.15) is 5.03 Å². The lowest BCUT2D eigenvalue weighted by atomic mass is 10.2. The lowest BCUT2D eigenvalue weighted by Crippen LogP contribution is -2.44. The van der Waals surface area contributed by atoms with Crippen molar-refractivity contribution in [3.63, 3.8) is 0 Å². The van der Waals surface area contributed by atoms with Crippen LogP contribution in [0.15, 0.2) is 35.5 Å². The number of thiocarbonyl (C=S) groups is 1. The Morgan fingerprint density at radius 3 is 2.42 bits per heavy atom. The number of ether oxygens (including phenoxy) is 3. The Hall–Kier alpha value is -2.72. The average molecular weight is 465 g/mol. The van der Waals surface area contributed by atoms with Gasteiger partial charge in [0.2, 0.25) is 5.75 Å². The molecule has 0 aliphatic heterocycles. The summed E-state index contributed by atoms with van der Waals surface area (Å²) in [6, 6.07) is 6.89. The summed E-state index contributed by atoms with van der Waals surface area (Å²) >= 11 is 6.86. The topological polar surface area (TPSA) is 93.7 Å². The predicted octanol–water partition coefficient (Wildman–Crippen LogP) is 4.02. The third-order valence-corrected chi connectivity index (χ3v) is 5.51. The number of hydrogen-bond donors (Lipinski definition) is 3. The van der Waals surface area contributed by atoms with Crippen LogP contribution >= 0.6 is 24.0 Å². The molecule has 1 amide bonds. The Labute approximate surface area is 192 Å². The highest BCUT2D eigenvalue weighted by Crippen LogP contribution is 2.39. The molecule has 0 saturated heterocycles. The number of anilines is 1. The number of amides is 1. The van der Waals surface area contributed by atoms with Crippen LogP contribution < -0.4 is 30.4 Å². The Kier molecular flexibility index (Phi) is 10.2. The zero-order valence-electron chi connectivity index (χ0n) is 18.1. The smallest absolute Gasteiger partial charge is 0.272 e. The van der Waals surface area contributed by atoms with E-state index < -0.39 is 0 Å². The third-order valence-electron chi connectivity index (χ3n) is 4.21. The van der Waals surface area contributed by atoms with Crippen molar-refractivity contribution in [1.82, 2.24) is 15.8 Å². The van der Waals surface area contributed by atoms with Gasteiger partial charge in [0.15, 0.2) is 16.6 Å². The quantitative estimate of drug-likeness (QED) is 0.209. The van der Waals surface area contributed by atoms with E-state index in [1.807, 2.05) is 0 Å². The first-order valence-corrected chi connectivity index (χ1v) is 11.2. The van der Waals surface area contributed by atoms with Crippen LogP contribution in [-0.2, 0) is 0 Å². The summed E-state index contributed by atoms with van der Waals surface area (Å²) < 4.78 is 16.0. The maximum absolute atomic E-state index is 12.6. The summed E-state index contributed by atoms with van der Waals surface area (Å²) in [6.07, 6.45) is 5.07. The van der Waals surface area contributed by atoms with Crippen molar-refractivity contribution in [2.24, 2.45) is 0 Å². The zero-order chi connectivity index (χ0) is 22.6. The number of hydrazine groups is 1. The Bertz CT molecular complexity index is 870. The maximum atomic E-state index is 12.6. The molecule has 2 rings (SSSR count). The van der Waals surface area contributed by atoms with E-state index >= 15 is 0 Å². The van der Waals surface area contributed by atoms with Crippen molar-refractivity contribution in [3.05, 3.63) is 36.0 Å². The molecule has 0 saturated carbocycles. The largest absolute Gasteiger partial charge is 0.493 e. The van der Waals surface area contributed by atoms with Crippen molar-refractivity contribution >= 4 is 40.7 Å². The second kappa shape index (κ2) is 12.9. The molecule has 3 N–H and O–H groups in total. The van der Waals surface area contributed by atoms with Crippen molar-refractivity contribution in [1.29, 1.82) is 0 Å². The first-order chi connectivity index (χ1) is 15.0. The SMILES string of the molecule is CCCCCSc1ncccc1C(=O)NNC(=S)Nc1cc(OC)c(OC)c(OC)c1. The lowest BCUT2D eigenvalue weighted by molar-refractivity contribution is 0.0940. The van der Waals surface area contributed by atoms with E-state index in [1.165, 1.54) is 21.3 Å². The molecule has 1 aromatic carbocycles. The van der Waals surface area contributed by atoms with E-state index in [0.29, 0.717) is 33.5 Å². The third kappa shape index (κ3) is 7.18. The lowest BCUT2D eigenvalue weighted by Gasteiger charge is -2.16. The molecule has 10 heteroatoms. The number of hydrogen-bond acceptors (Lipinski definition) is 7. The van der Waals surface area contributed by atoms with Crippen LogP contribution in [-0.4, -0.2) is 43.1 Å². The summed E-state index contributed by atoms with van der Waals surface area (Å²) in [4.78, 5) is 17.0. The van der Waals surface area contributed by atoms with Crippen molar-refractivity contribution in [2.75, 3.05) is 32.4 Å². The normalized spacial score (nSPS) is 10.2. The molecular formula is C21H28N4O4S2. The molecule has 1 heterocycles. The Morgan fingerprint density at radius 1 is 1.10 bits per heavy atom. The highest BCUT2D eigenvalue weighted by atomic mass is 32.2. The average Bonchev–Trinajstić information content (AvgIpc) is 2.79. The number of thioether (sulfide) groups is 1. The number of methoxy groups -OCH3 is 3. The van der Waals surface area contributed by atoms with Gasteiger partial charge in [-0.3, -0.25) is 15.6 Å². The fraction of sp³-hybridized carbons (Fsp3) is 0.381. The number of rotatable bonds is 10. The Balaban J connectivity index is 1.98. The number of nitrogens with one attached hydrogen (secondary N) is 3. The van der Waals surface area contributed by atoms with Gasteiger partial charge in [-0.1, -0.05) is 19.8 Å². The molecule has 0 spiro atoms. The van der Waals surface area contributed by atoms with Crippen LogP contribution in [0, 0.1) is 0 Å². The fourth-order valence-electron chi connectivity index (χ4n) is 2.70. The van der Waals surface area contributed by atoms with Gasteiger partial charge in [-0.2, -0.15) is 0 Å². The first kappa shape index (κ1) is 24.5. The molecular weight excluding hydrogens is 436 g/mol. The van der Waals surface area contributed by atoms with E-state index in [0.717, 1.165) is 25.0 Å². The van der Waals surface area contributed by atoms with E-state index in [1.54, 1.807) is 42.2 Å². The number of benzene rings is 1. The molecule has 168 valence electrons.